The Morgan fingerprint density at radius 1 is 1.56 bits per heavy atom. The van der Waals surface area contributed by atoms with Crippen molar-refractivity contribution in [2.75, 3.05) is 12.3 Å². The third-order valence-corrected chi connectivity index (χ3v) is 2.10. The van der Waals surface area contributed by atoms with Gasteiger partial charge in [-0.1, -0.05) is 23.4 Å². The van der Waals surface area contributed by atoms with E-state index in [1.165, 1.54) is 6.92 Å². The van der Waals surface area contributed by atoms with Gasteiger partial charge >= 0.3 is 0 Å². The molecule has 0 fully saturated rings. The van der Waals surface area contributed by atoms with Crippen LogP contribution in [0.2, 0.25) is 5.02 Å². The number of amides is 1. The van der Waals surface area contributed by atoms with E-state index in [0.29, 0.717) is 23.7 Å². The number of hydrogen-bond donors (Lipinski definition) is 2. The zero-order valence-electron chi connectivity index (χ0n) is 9.01. The molecule has 0 spiro atoms. The van der Waals surface area contributed by atoms with Crippen molar-refractivity contribution in [3.63, 3.8) is 0 Å². The number of nitrogens with two attached hydrogens (primary N) is 1. The van der Waals surface area contributed by atoms with Crippen LogP contribution in [0.3, 0.4) is 0 Å². The van der Waals surface area contributed by atoms with E-state index in [-0.39, 0.29) is 5.91 Å². The summed E-state index contributed by atoms with van der Waals surface area (Å²) in [6.45, 7) is 2.03. The fraction of sp³-hybridized carbons (Fsp3) is 0.250. The number of rotatable bonds is 2. The molecule has 0 aromatic heterocycles. The number of anilines is 1. The van der Waals surface area contributed by atoms with Gasteiger partial charge in [0.25, 0.3) is 0 Å². The minimum atomic E-state index is -0.0483. The SMILES string of the molecule is CC(=O)NCCC#Cc1ccc(Cl)cc1N. The molecule has 0 saturated heterocycles. The first-order valence-corrected chi connectivity index (χ1v) is 5.25. The van der Waals surface area contributed by atoms with Crippen LogP contribution in [-0.2, 0) is 4.79 Å². The third kappa shape index (κ3) is 4.24. The molecule has 0 bridgehead atoms. The molecule has 0 unspecified atom stereocenters. The number of hydrogen-bond acceptors (Lipinski definition) is 2. The van der Waals surface area contributed by atoms with Crippen molar-refractivity contribution in [1.29, 1.82) is 0 Å². The summed E-state index contributed by atoms with van der Waals surface area (Å²) in [4.78, 5) is 10.6. The van der Waals surface area contributed by atoms with Gasteiger partial charge in [0.15, 0.2) is 0 Å². The van der Waals surface area contributed by atoms with E-state index in [9.17, 15) is 4.79 Å². The van der Waals surface area contributed by atoms with Gasteiger partial charge in [0.05, 0.1) is 0 Å². The molecule has 84 valence electrons. The van der Waals surface area contributed by atoms with Crippen LogP contribution >= 0.6 is 11.6 Å². The zero-order valence-corrected chi connectivity index (χ0v) is 9.77. The Morgan fingerprint density at radius 3 is 2.94 bits per heavy atom. The maximum atomic E-state index is 10.6. The minimum absolute atomic E-state index is 0.0483. The average Bonchev–Trinajstić information content (AvgIpc) is 2.20. The van der Waals surface area contributed by atoms with Crippen molar-refractivity contribution in [3.05, 3.63) is 28.8 Å². The maximum absolute atomic E-state index is 10.6. The average molecular weight is 237 g/mol. The molecule has 1 aromatic rings. The number of benzene rings is 1. The van der Waals surface area contributed by atoms with Crippen LogP contribution in [0.4, 0.5) is 5.69 Å². The predicted molar refractivity (Wildman–Crippen MR) is 66.0 cm³/mol. The maximum Gasteiger partial charge on any atom is 0.216 e. The molecule has 0 radical (unpaired) electrons. The lowest BCUT2D eigenvalue weighted by molar-refractivity contribution is -0.118. The van der Waals surface area contributed by atoms with Crippen LogP contribution in [0.25, 0.3) is 0 Å². The fourth-order valence-corrected chi connectivity index (χ4v) is 1.29. The van der Waals surface area contributed by atoms with E-state index in [4.69, 9.17) is 17.3 Å². The standard InChI is InChI=1S/C12H13ClN2O/c1-9(16)15-7-3-2-4-10-5-6-11(13)8-12(10)14/h5-6,8H,3,7,14H2,1H3,(H,15,16). The van der Waals surface area contributed by atoms with Gasteiger partial charge in [0.1, 0.15) is 0 Å². The fourth-order valence-electron chi connectivity index (χ4n) is 1.11. The minimum Gasteiger partial charge on any atom is -0.398 e. The van der Waals surface area contributed by atoms with Crippen molar-refractivity contribution in [3.8, 4) is 11.8 Å². The molecule has 3 nitrogen and oxygen atoms in total. The molecule has 4 heteroatoms. The number of carbonyl (C=O) groups is 1. The van der Waals surface area contributed by atoms with E-state index in [0.717, 1.165) is 5.56 Å². The van der Waals surface area contributed by atoms with E-state index in [1.54, 1.807) is 18.2 Å². The molecule has 0 saturated carbocycles. The summed E-state index contributed by atoms with van der Waals surface area (Å²) < 4.78 is 0. The first-order valence-electron chi connectivity index (χ1n) is 4.88. The molecule has 1 amide bonds. The molecule has 1 aromatic carbocycles. The summed E-state index contributed by atoms with van der Waals surface area (Å²) in [7, 11) is 0. The van der Waals surface area contributed by atoms with Crippen LogP contribution in [0.1, 0.15) is 18.9 Å². The quantitative estimate of drug-likeness (QED) is 0.467. The summed E-state index contributed by atoms with van der Waals surface area (Å²) in [5, 5.41) is 3.26. The van der Waals surface area contributed by atoms with Crippen molar-refractivity contribution in [2.24, 2.45) is 0 Å². The predicted octanol–water partition coefficient (Wildman–Crippen LogP) is 1.80. The molecule has 16 heavy (non-hydrogen) atoms. The van der Waals surface area contributed by atoms with Crippen molar-refractivity contribution in [2.45, 2.75) is 13.3 Å². The molecule has 0 heterocycles. The van der Waals surface area contributed by atoms with E-state index in [2.05, 4.69) is 17.2 Å². The number of nitrogens with one attached hydrogen (secondary N) is 1. The Balaban J connectivity index is 2.53. The van der Waals surface area contributed by atoms with Gasteiger partial charge in [-0.2, -0.15) is 0 Å². The van der Waals surface area contributed by atoms with E-state index >= 15 is 0 Å². The van der Waals surface area contributed by atoms with Gasteiger partial charge in [0, 0.05) is 36.2 Å². The summed E-state index contributed by atoms with van der Waals surface area (Å²) in [5.41, 5.74) is 7.05. The van der Waals surface area contributed by atoms with Gasteiger partial charge in [0.2, 0.25) is 5.91 Å². The second-order valence-corrected chi connectivity index (χ2v) is 3.70. The summed E-state index contributed by atoms with van der Waals surface area (Å²) in [6.07, 6.45) is 0.599. The van der Waals surface area contributed by atoms with Crippen molar-refractivity contribution in [1.82, 2.24) is 5.32 Å². The highest BCUT2D eigenvalue weighted by molar-refractivity contribution is 6.30. The lowest BCUT2D eigenvalue weighted by Gasteiger charge is -1.98. The van der Waals surface area contributed by atoms with Gasteiger partial charge in [-0.15, -0.1) is 0 Å². The zero-order chi connectivity index (χ0) is 12.0. The van der Waals surface area contributed by atoms with Gasteiger partial charge in [-0.25, -0.2) is 0 Å². The Morgan fingerprint density at radius 2 is 2.31 bits per heavy atom. The van der Waals surface area contributed by atoms with Crippen LogP contribution in [0, 0.1) is 11.8 Å². The van der Waals surface area contributed by atoms with Crippen LogP contribution in [0.5, 0.6) is 0 Å². The molecule has 0 atom stereocenters. The Kier molecular flexibility index (Phi) is 4.68. The normalized spacial score (nSPS) is 9.12. The highest BCUT2D eigenvalue weighted by atomic mass is 35.5. The Hall–Kier alpha value is -1.66. The Bertz CT molecular complexity index is 446. The molecular formula is C12H13ClN2O. The first-order chi connectivity index (χ1) is 7.59. The smallest absolute Gasteiger partial charge is 0.216 e. The van der Waals surface area contributed by atoms with Crippen LogP contribution in [0.15, 0.2) is 18.2 Å². The highest BCUT2D eigenvalue weighted by Crippen LogP contribution is 2.16. The molecule has 3 N–H and O–H groups in total. The Labute approximate surface area is 100.0 Å². The molecule has 0 aliphatic rings. The summed E-state index contributed by atoms with van der Waals surface area (Å²) >= 11 is 5.76. The van der Waals surface area contributed by atoms with E-state index in [1.807, 2.05) is 0 Å². The number of carbonyl (C=O) groups excluding carboxylic acids is 1. The van der Waals surface area contributed by atoms with E-state index < -0.39 is 0 Å². The summed E-state index contributed by atoms with van der Waals surface area (Å²) in [6, 6.07) is 5.19. The summed E-state index contributed by atoms with van der Waals surface area (Å²) in [5.74, 6) is 5.81. The third-order valence-electron chi connectivity index (χ3n) is 1.86. The van der Waals surface area contributed by atoms with Gasteiger partial charge < -0.3 is 11.1 Å². The molecule has 0 aliphatic carbocycles. The van der Waals surface area contributed by atoms with Crippen molar-refractivity contribution < 1.29 is 4.79 Å². The second kappa shape index (κ2) is 6.04. The molecular weight excluding hydrogens is 224 g/mol. The second-order valence-electron chi connectivity index (χ2n) is 3.27. The number of halogens is 1. The lowest BCUT2D eigenvalue weighted by Crippen LogP contribution is -2.20. The highest BCUT2D eigenvalue weighted by Gasteiger charge is 1.95. The first kappa shape index (κ1) is 12.4. The molecule has 0 aliphatic heterocycles. The monoisotopic (exact) mass is 236 g/mol. The van der Waals surface area contributed by atoms with Gasteiger partial charge in [-0.05, 0) is 18.2 Å². The largest absolute Gasteiger partial charge is 0.398 e. The topological polar surface area (TPSA) is 55.1 Å². The lowest BCUT2D eigenvalue weighted by atomic mass is 10.2. The van der Waals surface area contributed by atoms with Crippen molar-refractivity contribution >= 4 is 23.2 Å². The van der Waals surface area contributed by atoms with Crippen LogP contribution < -0.4 is 11.1 Å². The number of nitrogen functional groups attached to an aromatic ring is 1. The van der Waals surface area contributed by atoms with Crippen LogP contribution in [-0.4, -0.2) is 12.5 Å². The van der Waals surface area contributed by atoms with Gasteiger partial charge in [-0.3, -0.25) is 4.79 Å². The molecule has 1 rings (SSSR count).